The van der Waals surface area contributed by atoms with Gasteiger partial charge in [0.1, 0.15) is 11.6 Å². The molecule has 1 aliphatic heterocycles. The number of nitrogens with zero attached hydrogens (tertiary/aromatic N) is 1. The highest BCUT2D eigenvalue weighted by Gasteiger charge is 2.44. The van der Waals surface area contributed by atoms with Crippen LogP contribution in [0.3, 0.4) is 0 Å². The summed E-state index contributed by atoms with van der Waals surface area (Å²) in [6, 6.07) is 7.74. The van der Waals surface area contributed by atoms with Crippen molar-refractivity contribution in [3.63, 3.8) is 0 Å². The van der Waals surface area contributed by atoms with Crippen molar-refractivity contribution >= 4 is 11.8 Å². The summed E-state index contributed by atoms with van der Waals surface area (Å²) in [7, 11) is 0. The molecule has 0 saturated carbocycles. The van der Waals surface area contributed by atoms with E-state index in [2.05, 4.69) is 5.32 Å². The molecule has 1 heterocycles. The number of nitrogens with one attached hydrogen (secondary N) is 1. The molecule has 0 radical (unpaired) electrons. The Morgan fingerprint density at radius 2 is 1.81 bits per heavy atom. The van der Waals surface area contributed by atoms with Gasteiger partial charge in [-0.05, 0) is 32.8 Å². The second-order valence-electron chi connectivity index (χ2n) is 6.34. The smallest absolute Gasteiger partial charge is 0.248 e. The van der Waals surface area contributed by atoms with Crippen molar-refractivity contribution in [1.82, 2.24) is 10.2 Å². The van der Waals surface area contributed by atoms with Gasteiger partial charge in [0.2, 0.25) is 11.8 Å². The molecule has 1 fully saturated rings. The quantitative estimate of drug-likeness (QED) is 0.925. The second-order valence-corrected chi connectivity index (χ2v) is 6.34. The summed E-state index contributed by atoms with van der Waals surface area (Å²) in [6.45, 7) is 8.07. The topological polar surface area (TPSA) is 49.4 Å². The molecule has 0 bridgehead atoms. The van der Waals surface area contributed by atoms with Crippen LogP contribution in [0.2, 0.25) is 0 Å². The van der Waals surface area contributed by atoms with Gasteiger partial charge in [-0.2, -0.15) is 0 Å². The SMILES string of the molecule is CCCC1C(=O)NC(C)(C)C(=O)N1Cc1ccc(C)cc1. The van der Waals surface area contributed by atoms with Crippen LogP contribution in [0.4, 0.5) is 0 Å². The van der Waals surface area contributed by atoms with Gasteiger partial charge in [-0.3, -0.25) is 9.59 Å². The number of aryl methyl sites for hydroxylation is 1. The molecule has 1 aromatic rings. The Morgan fingerprint density at radius 1 is 1.19 bits per heavy atom. The van der Waals surface area contributed by atoms with E-state index in [-0.39, 0.29) is 17.9 Å². The highest BCUT2D eigenvalue weighted by atomic mass is 16.2. The fraction of sp³-hybridized carbons (Fsp3) is 0.529. The zero-order chi connectivity index (χ0) is 15.6. The van der Waals surface area contributed by atoms with Crippen molar-refractivity contribution in [2.24, 2.45) is 0 Å². The third-order valence-corrected chi connectivity index (χ3v) is 3.95. The molecular weight excluding hydrogens is 264 g/mol. The average molecular weight is 288 g/mol. The normalized spacial score (nSPS) is 21.3. The Labute approximate surface area is 126 Å². The lowest BCUT2D eigenvalue weighted by atomic mass is 9.94. The Kier molecular flexibility index (Phi) is 4.35. The summed E-state index contributed by atoms with van der Waals surface area (Å²) in [5.41, 5.74) is 1.42. The van der Waals surface area contributed by atoms with E-state index in [1.807, 2.05) is 38.1 Å². The number of rotatable bonds is 4. The molecular formula is C17H24N2O2. The van der Waals surface area contributed by atoms with Crippen LogP contribution in [0.5, 0.6) is 0 Å². The first-order valence-electron chi connectivity index (χ1n) is 7.54. The molecule has 1 aliphatic rings. The number of piperazine rings is 1. The van der Waals surface area contributed by atoms with E-state index in [4.69, 9.17) is 0 Å². The van der Waals surface area contributed by atoms with Crippen molar-refractivity contribution in [2.45, 2.75) is 58.7 Å². The number of hydrogen-bond acceptors (Lipinski definition) is 2. The minimum atomic E-state index is -0.827. The molecule has 0 aromatic heterocycles. The van der Waals surface area contributed by atoms with Gasteiger partial charge in [0.05, 0.1) is 0 Å². The molecule has 114 valence electrons. The van der Waals surface area contributed by atoms with Crippen molar-refractivity contribution in [3.05, 3.63) is 35.4 Å². The van der Waals surface area contributed by atoms with Gasteiger partial charge < -0.3 is 10.2 Å². The van der Waals surface area contributed by atoms with Crippen molar-refractivity contribution < 1.29 is 9.59 Å². The Morgan fingerprint density at radius 3 is 2.38 bits per heavy atom. The molecule has 4 nitrogen and oxygen atoms in total. The average Bonchev–Trinajstić information content (AvgIpc) is 2.42. The number of carbonyl (C=O) groups excluding carboxylic acids is 2. The van der Waals surface area contributed by atoms with Crippen molar-refractivity contribution in [2.75, 3.05) is 0 Å². The molecule has 1 atom stereocenters. The molecule has 4 heteroatoms. The van der Waals surface area contributed by atoms with Crippen LogP contribution >= 0.6 is 0 Å². The monoisotopic (exact) mass is 288 g/mol. The first-order chi connectivity index (χ1) is 9.85. The van der Waals surface area contributed by atoms with Crippen LogP contribution in [0.25, 0.3) is 0 Å². The standard InChI is InChI=1S/C17H24N2O2/c1-5-6-14-15(20)18-17(3,4)16(21)19(14)11-13-9-7-12(2)8-10-13/h7-10,14H,5-6,11H2,1-4H3,(H,18,20). The molecule has 0 spiro atoms. The van der Waals surface area contributed by atoms with Gasteiger partial charge in [-0.25, -0.2) is 0 Å². The van der Waals surface area contributed by atoms with E-state index in [1.54, 1.807) is 18.7 Å². The molecule has 2 amide bonds. The summed E-state index contributed by atoms with van der Waals surface area (Å²) in [4.78, 5) is 26.7. The van der Waals surface area contributed by atoms with Gasteiger partial charge in [0, 0.05) is 6.54 Å². The van der Waals surface area contributed by atoms with E-state index < -0.39 is 5.54 Å². The van der Waals surface area contributed by atoms with Crippen LogP contribution in [0.1, 0.15) is 44.7 Å². The van der Waals surface area contributed by atoms with E-state index >= 15 is 0 Å². The third-order valence-electron chi connectivity index (χ3n) is 3.95. The third kappa shape index (κ3) is 3.26. The van der Waals surface area contributed by atoms with Crippen LogP contribution in [0.15, 0.2) is 24.3 Å². The highest BCUT2D eigenvalue weighted by molar-refractivity contribution is 5.99. The van der Waals surface area contributed by atoms with E-state index in [0.717, 1.165) is 12.0 Å². The molecule has 2 rings (SSSR count). The summed E-state index contributed by atoms with van der Waals surface area (Å²) < 4.78 is 0. The molecule has 21 heavy (non-hydrogen) atoms. The van der Waals surface area contributed by atoms with Gasteiger partial charge in [-0.15, -0.1) is 0 Å². The molecule has 1 saturated heterocycles. The van der Waals surface area contributed by atoms with E-state index in [0.29, 0.717) is 13.0 Å². The maximum absolute atomic E-state index is 12.7. The molecule has 0 aliphatic carbocycles. The first-order valence-corrected chi connectivity index (χ1v) is 7.54. The van der Waals surface area contributed by atoms with Crippen LogP contribution in [0, 0.1) is 6.92 Å². The Bertz CT molecular complexity index is 534. The van der Waals surface area contributed by atoms with E-state index in [1.165, 1.54) is 5.56 Å². The maximum Gasteiger partial charge on any atom is 0.248 e. The maximum atomic E-state index is 12.7. The predicted octanol–water partition coefficient (Wildman–Crippen LogP) is 2.40. The molecule has 1 unspecified atom stereocenters. The number of carbonyl (C=O) groups is 2. The summed E-state index contributed by atoms with van der Waals surface area (Å²) >= 11 is 0. The Balaban J connectivity index is 2.27. The summed E-state index contributed by atoms with van der Waals surface area (Å²) in [5, 5.41) is 2.84. The second kappa shape index (κ2) is 5.88. The first kappa shape index (κ1) is 15.5. The Hall–Kier alpha value is -1.84. The van der Waals surface area contributed by atoms with Crippen molar-refractivity contribution in [3.8, 4) is 0 Å². The van der Waals surface area contributed by atoms with Gasteiger partial charge in [0.25, 0.3) is 0 Å². The van der Waals surface area contributed by atoms with Gasteiger partial charge >= 0.3 is 0 Å². The summed E-state index contributed by atoms with van der Waals surface area (Å²) in [5.74, 6) is -0.0605. The lowest BCUT2D eigenvalue weighted by Crippen LogP contribution is -2.67. The number of hydrogen-bond donors (Lipinski definition) is 1. The molecule has 1 N–H and O–H groups in total. The summed E-state index contributed by atoms with van der Waals surface area (Å²) in [6.07, 6.45) is 1.57. The lowest BCUT2D eigenvalue weighted by molar-refractivity contribution is -0.154. The fourth-order valence-corrected chi connectivity index (χ4v) is 2.72. The van der Waals surface area contributed by atoms with Gasteiger partial charge in [0.15, 0.2) is 0 Å². The van der Waals surface area contributed by atoms with Crippen LogP contribution in [-0.4, -0.2) is 28.3 Å². The van der Waals surface area contributed by atoms with Crippen LogP contribution < -0.4 is 5.32 Å². The lowest BCUT2D eigenvalue weighted by Gasteiger charge is -2.43. The van der Waals surface area contributed by atoms with E-state index in [9.17, 15) is 9.59 Å². The van der Waals surface area contributed by atoms with Crippen LogP contribution in [-0.2, 0) is 16.1 Å². The van der Waals surface area contributed by atoms with Gasteiger partial charge in [-0.1, -0.05) is 43.2 Å². The fourth-order valence-electron chi connectivity index (χ4n) is 2.72. The number of benzene rings is 1. The minimum Gasteiger partial charge on any atom is -0.340 e. The molecule has 1 aromatic carbocycles. The minimum absolute atomic E-state index is 0.0128. The predicted molar refractivity (Wildman–Crippen MR) is 82.6 cm³/mol. The highest BCUT2D eigenvalue weighted by Crippen LogP contribution is 2.23. The zero-order valence-electron chi connectivity index (χ0n) is 13.3. The zero-order valence-corrected chi connectivity index (χ0v) is 13.3. The van der Waals surface area contributed by atoms with Crippen molar-refractivity contribution in [1.29, 1.82) is 0 Å². The number of amides is 2. The largest absolute Gasteiger partial charge is 0.340 e.